The number of para-hydroxylation sites is 1. The van der Waals surface area contributed by atoms with Crippen LogP contribution in [0.5, 0.6) is 0 Å². The van der Waals surface area contributed by atoms with Gasteiger partial charge in [-0.3, -0.25) is 14.6 Å². The van der Waals surface area contributed by atoms with Gasteiger partial charge < -0.3 is 4.74 Å². The van der Waals surface area contributed by atoms with Gasteiger partial charge in [0.1, 0.15) is 10.4 Å². The van der Waals surface area contributed by atoms with Gasteiger partial charge in [-0.2, -0.15) is 0 Å². The summed E-state index contributed by atoms with van der Waals surface area (Å²) in [7, 11) is 0. The van der Waals surface area contributed by atoms with Crippen molar-refractivity contribution in [3.05, 3.63) is 33.8 Å². The van der Waals surface area contributed by atoms with Crippen molar-refractivity contribution in [3.63, 3.8) is 0 Å². The third-order valence-electron chi connectivity index (χ3n) is 4.64. The lowest BCUT2D eigenvalue weighted by atomic mass is 10.3. The molecule has 1 aliphatic rings. The van der Waals surface area contributed by atoms with Crippen molar-refractivity contribution in [2.24, 2.45) is 0 Å². The number of morpholine rings is 1. The van der Waals surface area contributed by atoms with Gasteiger partial charge in [0.25, 0.3) is 5.91 Å². The molecule has 1 saturated heterocycles. The highest BCUT2D eigenvalue weighted by Gasteiger charge is 2.25. The fraction of sp³-hybridized carbons (Fsp3) is 0.444. The third-order valence-corrected chi connectivity index (χ3v) is 6.80. The van der Waals surface area contributed by atoms with Crippen molar-refractivity contribution in [1.29, 1.82) is 0 Å². The number of nitrogens with zero attached hydrogens (tertiary/aromatic N) is 5. The fourth-order valence-electron chi connectivity index (χ4n) is 3.13. The summed E-state index contributed by atoms with van der Waals surface area (Å²) >= 11 is 8.89. The zero-order valence-corrected chi connectivity index (χ0v) is 17.8. The topological polar surface area (TPSA) is 71.5 Å². The largest absolute Gasteiger partial charge is 0.379 e. The highest BCUT2D eigenvalue weighted by molar-refractivity contribution is 7.22. The average Bonchev–Trinajstić information content (AvgIpc) is 3.32. The molecule has 1 aliphatic heterocycles. The first-order valence-corrected chi connectivity index (χ1v) is 11.1. The Balaban J connectivity index is 1.57. The predicted octanol–water partition coefficient (Wildman–Crippen LogP) is 3.48. The molecule has 0 saturated carbocycles. The van der Waals surface area contributed by atoms with Gasteiger partial charge in [0, 0.05) is 26.2 Å². The Kier molecular flexibility index (Phi) is 6.17. The summed E-state index contributed by atoms with van der Waals surface area (Å²) in [5, 5.41) is 5.23. The molecule has 0 radical (unpaired) electrons. The van der Waals surface area contributed by atoms with Crippen molar-refractivity contribution >= 4 is 55.7 Å². The van der Waals surface area contributed by atoms with E-state index < -0.39 is 0 Å². The number of aromatic nitrogens is 3. The van der Waals surface area contributed by atoms with E-state index in [9.17, 15) is 4.79 Å². The average molecular weight is 438 g/mol. The van der Waals surface area contributed by atoms with Gasteiger partial charge in [-0.25, -0.2) is 4.98 Å². The molecule has 3 aromatic rings. The van der Waals surface area contributed by atoms with Crippen molar-refractivity contribution in [3.8, 4) is 0 Å². The van der Waals surface area contributed by atoms with Crippen molar-refractivity contribution in [2.75, 3.05) is 44.3 Å². The van der Waals surface area contributed by atoms with E-state index in [0.717, 1.165) is 61.0 Å². The standard InChI is InChI=1S/C18H20ClN5O2S2/c1-12-16(28-22-21-12)17(25)24(7-3-6-23-8-10-26-11-9-23)18-20-15-13(19)4-2-5-14(15)27-18/h2,4-5H,3,6-11H2,1H3. The number of amides is 1. The number of carbonyl (C=O) groups is 1. The summed E-state index contributed by atoms with van der Waals surface area (Å²) in [4.78, 5) is 22.5. The maximum atomic E-state index is 13.2. The van der Waals surface area contributed by atoms with E-state index in [-0.39, 0.29) is 5.91 Å². The van der Waals surface area contributed by atoms with Gasteiger partial charge in [0.05, 0.1) is 28.6 Å². The fourth-order valence-corrected chi connectivity index (χ4v) is 5.03. The van der Waals surface area contributed by atoms with Crippen LogP contribution in [-0.4, -0.2) is 64.8 Å². The van der Waals surface area contributed by atoms with Crippen molar-refractivity contribution in [1.82, 2.24) is 19.5 Å². The molecule has 7 nitrogen and oxygen atoms in total. The quantitative estimate of drug-likeness (QED) is 0.588. The molecule has 0 N–H and O–H groups in total. The molecule has 3 heterocycles. The van der Waals surface area contributed by atoms with E-state index in [1.54, 1.807) is 11.8 Å². The molecule has 1 fully saturated rings. The van der Waals surface area contributed by atoms with Crippen LogP contribution >= 0.6 is 34.5 Å². The second kappa shape index (κ2) is 8.79. The molecule has 148 valence electrons. The number of benzene rings is 1. The lowest BCUT2D eigenvalue weighted by Crippen LogP contribution is -2.39. The van der Waals surface area contributed by atoms with Crippen LogP contribution in [0.4, 0.5) is 5.13 Å². The van der Waals surface area contributed by atoms with Gasteiger partial charge in [0.15, 0.2) is 5.13 Å². The molecule has 0 atom stereocenters. The zero-order valence-electron chi connectivity index (χ0n) is 15.4. The maximum Gasteiger partial charge on any atom is 0.273 e. The molecule has 10 heteroatoms. The summed E-state index contributed by atoms with van der Waals surface area (Å²) in [6.07, 6.45) is 0.848. The minimum atomic E-state index is -0.107. The van der Waals surface area contributed by atoms with Crippen LogP contribution in [0.1, 0.15) is 21.8 Å². The number of anilines is 1. The molecule has 4 rings (SSSR count). The molecule has 1 amide bonds. The smallest absolute Gasteiger partial charge is 0.273 e. The Morgan fingerprint density at radius 1 is 1.36 bits per heavy atom. The van der Waals surface area contributed by atoms with Crippen molar-refractivity contribution in [2.45, 2.75) is 13.3 Å². The van der Waals surface area contributed by atoms with Crippen LogP contribution < -0.4 is 4.90 Å². The summed E-state index contributed by atoms with van der Waals surface area (Å²) < 4.78 is 10.3. The van der Waals surface area contributed by atoms with Gasteiger partial charge in [0.2, 0.25) is 0 Å². The summed E-state index contributed by atoms with van der Waals surface area (Å²) in [5.74, 6) is -0.107. The number of hydrogen-bond donors (Lipinski definition) is 0. The Morgan fingerprint density at radius 3 is 2.89 bits per heavy atom. The molecular formula is C18H20ClN5O2S2. The number of hydrogen-bond acceptors (Lipinski definition) is 8. The van der Waals surface area contributed by atoms with E-state index in [4.69, 9.17) is 16.3 Å². The summed E-state index contributed by atoms with van der Waals surface area (Å²) in [5.41, 5.74) is 1.38. The predicted molar refractivity (Wildman–Crippen MR) is 113 cm³/mol. The van der Waals surface area contributed by atoms with Gasteiger partial charge >= 0.3 is 0 Å². The first kappa shape index (κ1) is 19.7. The molecule has 0 spiro atoms. The van der Waals surface area contributed by atoms with Crippen LogP contribution in [0, 0.1) is 6.92 Å². The summed E-state index contributed by atoms with van der Waals surface area (Å²) in [6, 6.07) is 5.68. The number of carbonyl (C=O) groups excluding carboxylic acids is 1. The number of halogens is 1. The van der Waals surface area contributed by atoms with E-state index in [2.05, 4.69) is 19.5 Å². The first-order valence-electron chi connectivity index (χ1n) is 9.09. The number of rotatable bonds is 6. The lowest BCUT2D eigenvalue weighted by molar-refractivity contribution is 0.0376. The summed E-state index contributed by atoms with van der Waals surface area (Å²) in [6.45, 7) is 6.70. The van der Waals surface area contributed by atoms with E-state index in [1.165, 1.54) is 11.3 Å². The molecule has 28 heavy (non-hydrogen) atoms. The monoisotopic (exact) mass is 437 g/mol. The lowest BCUT2D eigenvalue weighted by Gasteiger charge is -2.27. The third kappa shape index (κ3) is 4.18. The SMILES string of the molecule is Cc1nnsc1C(=O)N(CCCN1CCOCC1)c1nc2c(Cl)cccc2s1. The highest BCUT2D eigenvalue weighted by Crippen LogP contribution is 2.34. The second-order valence-electron chi connectivity index (χ2n) is 6.53. The van der Waals surface area contributed by atoms with Crippen LogP contribution in [0.25, 0.3) is 10.2 Å². The molecule has 2 aromatic heterocycles. The molecule has 0 aliphatic carbocycles. The normalized spacial score (nSPS) is 15.2. The van der Waals surface area contributed by atoms with Crippen molar-refractivity contribution < 1.29 is 9.53 Å². The van der Waals surface area contributed by atoms with E-state index >= 15 is 0 Å². The van der Waals surface area contributed by atoms with Gasteiger partial charge in [-0.05, 0) is 37.0 Å². The number of fused-ring (bicyclic) bond motifs is 1. The van der Waals surface area contributed by atoms with Gasteiger partial charge in [-0.1, -0.05) is 33.5 Å². The molecular weight excluding hydrogens is 418 g/mol. The number of aryl methyl sites for hydroxylation is 1. The number of ether oxygens (including phenoxy) is 1. The van der Waals surface area contributed by atoms with E-state index in [0.29, 0.717) is 27.3 Å². The molecule has 0 bridgehead atoms. The van der Waals surface area contributed by atoms with Crippen LogP contribution in [0.3, 0.4) is 0 Å². The highest BCUT2D eigenvalue weighted by atomic mass is 35.5. The molecule has 0 unspecified atom stereocenters. The van der Waals surface area contributed by atoms with E-state index in [1.807, 2.05) is 18.2 Å². The van der Waals surface area contributed by atoms with Crippen LogP contribution in [0.2, 0.25) is 5.02 Å². The number of thiazole rings is 1. The van der Waals surface area contributed by atoms with Gasteiger partial charge in [-0.15, -0.1) is 5.10 Å². The molecule has 1 aromatic carbocycles. The Hall–Kier alpha value is -1.65. The Bertz CT molecular complexity index is 970. The maximum absolute atomic E-state index is 13.2. The Morgan fingerprint density at radius 2 is 2.18 bits per heavy atom. The Labute approximate surface area is 176 Å². The first-order chi connectivity index (χ1) is 13.6. The minimum Gasteiger partial charge on any atom is -0.379 e. The minimum absolute atomic E-state index is 0.107. The van der Waals surface area contributed by atoms with Crippen LogP contribution in [0.15, 0.2) is 18.2 Å². The second-order valence-corrected chi connectivity index (χ2v) is 8.71. The van der Waals surface area contributed by atoms with Crippen LogP contribution in [-0.2, 0) is 4.74 Å². The zero-order chi connectivity index (χ0) is 19.5.